The zero-order chi connectivity index (χ0) is 21.1. The van der Waals surface area contributed by atoms with Crippen LogP contribution in [0.25, 0.3) is 0 Å². The number of fused-ring (bicyclic) bond motifs is 1. The minimum Gasteiger partial charge on any atom is -0.480 e. The Morgan fingerprint density at radius 1 is 1.07 bits per heavy atom. The van der Waals surface area contributed by atoms with Gasteiger partial charge in [-0.3, -0.25) is 10.1 Å². The molecule has 2 aliphatic heterocycles. The lowest BCUT2D eigenvalue weighted by Gasteiger charge is -2.47. The molecule has 0 aromatic carbocycles. The molecule has 0 aliphatic carbocycles. The number of nitrogens with one attached hydrogen (secondary N) is 1. The van der Waals surface area contributed by atoms with Crippen molar-refractivity contribution in [2.24, 2.45) is 0 Å². The van der Waals surface area contributed by atoms with Crippen LogP contribution in [0.2, 0.25) is 0 Å². The van der Waals surface area contributed by atoms with E-state index in [0.717, 1.165) is 19.3 Å². The van der Waals surface area contributed by atoms with Crippen LogP contribution >= 0.6 is 0 Å². The summed E-state index contributed by atoms with van der Waals surface area (Å²) in [6, 6.07) is -0.677. The van der Waals surface area contributed by atoms with Crippen LogP contribution in [0, 0.1) is 0 Å². The Hall–Kier alpha value is -0.770. The molecule has 2 rings (SSSR count). The SMILES string of the molecule is CCCCCCCCCCCC1OC[C@H]2O[C@@H](OC)[C@H](NCC(=O)O)[C@@H](O)[C@@H]2O1. The number of aliphatic hydroxyl groups excluding tert-OH is 1. The number of hydrogen-bond acceptors (Lipinski definition) is 7. The van der Waals surface area contributed by atoms with Crippen LogP contribution in [0.3, 0.4) is 0 Å². The number of ether oxygens (including phenoxy) is 4. The molecule has 0 aromatic rings. The number of methoxy groups -OCH3 is 1. The highest BCUT2D eigenvalue weighted by Crippen LogP contribution is 2.30. The molecule has 2 fully saturated rings. The van der Waals surface area contributed by atoms with Crippen molar-refractivity contribution in [2.45, 2.75) is 108 Å². The molecule has 8 heteroatoms. The number of hydrogen-bond donors (Lipinski definition) is 3. The lowest BCUT2D eigenvalue weighted by Crippen LogP contribution is -2.67. The standard InChI is InChI=1S/C21H39NO7/c1-3-4-5-6-7-8-9-10-11-12-17-27-14-15-20(29-17)19(25)18(21(26-2)28-15)22-13-16(23)24/h15,17-22,25H,3-14H2,1-2H3,(H,23,24)/t15-,17?,18-,19-,20-,21-/m1/s1. The van der Waals surface area contributed by atoms with Gasteiger partial charge in [0.25, 0.3) is 0 Å². The Kier molecular flexibility index (Phi) is 11.4. The molecule has 3 N–H and O–H groups in total. The first-order chi connectivity index (χ1) is 14.1. The van der Waals surface area contributed by atoms with Crippen molar-refractivity contribution in [1.82, 2.24) is 5.32 Å². The van der Waals surface area contributed by atoms with Gasteiger partial charge in [-0.25, -0.2) is 0 Å². The molecule has 0 amide bonds. The zero-order valence-electron chi connectivity index (χ0n) is 17.9. The van der Waals surface area contributed by atoms with Crippen LogP contribution in [0.1, 0.15) is 71.1 Å². The molecule has 0 saturated carbocycles. The number of carboxylic acid groups (broad SMARTS) is 1. The van der Waals surface area contributed by atoms with Crippen molar-refractivity contribution in [3.05, 3.63) is 0 Å². The van der Waals surface area contributed by atoms with E-state index in [9.17, 15) is 9.90 Å². The smallest absolute Gasteiger partial charge is 0.317 e. The Morgan fingerprint density at radius 2 is 1.72 bits per heavy atom. The molecular formula is C21H39NO7. The maximum Gasteiger partial charge on any atom is 0.317 e. The van der Waals surface area contributed by atoms with Gasteiger partial charge in [0.05, 0.1) is 19.2 Å². The van der Waals surface area contributed by atoms with Crippen molar-refractivity contribution < 1.29 is 34.0 Å². The molecule has 0 radical (unpaired) electrons. The van der Waals surface area contributed by atoms with E-state index >= 15 is 0 Å². The molecule has 29 heavy (non-hydrogen) atoms. The summed E-state index contributed by atoms with van der Waals surface area (Å²) in [4.78, 5) is 10.9. The van der Waals surface area contributed by atoms with E-state index in [1.54, 1.807) is 0 Å². The largest absolute Gasteiger partial charge is 0.480 e. The summed E-state index contributed by atoms with van der Waals surface area (Å²) in [5.74, 6) is -1.01. The molecule has 0 bridgehead atoms. The van der Waals surface area contributed by atoms with E-state index in [1.165, 1.54) is 52.1 Å². The number of rotatable bonds is 14. The second-order valence-corrected chi connectivity index (χ2v) is 8.05. The predicted molar refractivity (Wildman–Crippen MR) is 108 cm³/mol. The first-order valence-corrected chi connectivity index (χ1v) is 11.1. The summed E-state index contributed by atoms with van der Waals surface area (Å²) in [7, 11) is 1.46. The topological polar surface area (TPSA) is 106 Å². The van der Waals surface area contributed by atoms with Crippen LogP contribution in [0.15, 0.2) is 0 Å². The third kappa shape index (κ3) is 8.11. The van der Waals surface area contributed by atoms with Gasteiger partial charge in [0, 0.05) is 7.11 Å². The van der Waals surface area contributed by atoms with E-state index in [4.69, 9.17) is 24.1 Å². The summed E-state index contributed by atoms with van der Waals surface area (Å²) in [6.07, 6.45) is 9.03. The second-order valence-electron chi connectivity index (χ2n) is 8.05. The summed E-state index contributed by atoms with van der Waals surface area (Å²) < 4.78 is 22.8. The van der Waals surface area contributed by atoms with Gasteiger partial charge < -0.3 is 29.2 Å². The van der Waals surface area contributed by atoms with E-state index in [1.807, 2.05) is 0 Å². The number of aliphatic carboxylic acids is 1. The van der Waals surface area contributed by atoms with Crippen LogP contribution in [-0.4, -0.2) is 73.4 Å². The molecule has 2 saturated heterocycles. The fourth-order valence-corrected chi connectivity index (χ4v) is 4.04. The van der Waals surface area contributed by atoms with Crippen molar-refractivity contribution in [2.75, 3.05) is 20.3 Å². The first kappa shape index (κ1) is 24.5. The van der Waals surface area contributed by atoms with Crippen molar-refractivity contribution in [1.29, 1.82) is 0 Å². The van der Waals surface area contributed by atoms with Crippen molar-refractivity contribution in [3.63, 3.8) is 0 Å². The molecular weight excluding hydrogens is 378 g/mol. The number of carboxylic acids is 1. The first-order valence-electron chi connectivity index (χ1n) is 11.1. The number of carbonyl (C=O) groups is 1. The van der Waals surface area contributed by atoms with Gasteiger partial charge in [0.15, 0.2) is 12.6 Å². The van der Waals surface area contributed by atoms with E-state index in [2.05, 4.69) is 12.2 Å². The summed E-state index contributed by atoms with van der Waals surface area (Å²) in [5.41, 5.74) is 0. The second kappa shape index (κ2) is 13.5. The lowest BCUT2D eigenvalue weighted by molar-refractivity contribution is -0.339. The zero-order valence-corrected chi connectivity index (χ0v) is 17.9. The third-order valence-electron chi connectivity index (χ3n) is 5.69. The minimum atomic E-state index is -1.01. The Balaban J connectivity index is 1.69. The lowest BCUT2D eigenvalue weighted by atomic mass is 9.95. The summed E-state index contributed by atoms with van der Waals surface area (Å²) >= 11 is 0. The number of unbranched alkanes of at least 4 members (excludes halogenated alkanes) is 8. The Labute approximate surface area is 174 Å². The third-order valence-corrected chi connectivity index (χ3v) is 5.69. The van der Waals surface area contributed by atoms with Crippen molar-refractivity contribution in [3.8, 4) is 0 Å². The monoisotopic (exact) mass is 417 g/mol. The van der Waals surface area contributed by atoms with Gasteiger partial charge >= 0.3 is 5.97 Å². The summed E-state index contributed by atoms with van der Waals surface area (Å²) in [6.45, 7) is 2.27. The quantitative estimate of drug-likeness (QED) is 0.370. The molecule has 8 nitrogen and oxygen atoms in total. The molecule has 2 aliphatic rings. The molecule has 1 unspecified atom stereocenters. The van der Waals surface area contributed by atoms with Crippen LogP contribution < -0.4 is 5.32 Å². The highest BCUT2D eigenvalue weighted by molar-refractivity contribution is 5.69. The normalized spacial score (nSPS) is 32.1. The van der Waals surface area contributed by atoms with E-state index in [0.29, 0.717) is 6.61 Å². The van der Waals surface area contributed by atoms with Crippen LogP contribution in [0.5, 0.6) is 0 Å². The molecule has 170 valence electrons. The highest BCUT2D eigenvalue weighted by atomic mass is 16.7. The Bertz CT molecular complexity index is 464. The van der Waals surface area contributed by atoms with Gasteiger partial charge in [-0.05, 0) is 12.8 Å². The van der Waals surface area contributed by atoms with Gasteiger partial charge in [0.2, 0.25) is 0 Å². The van der Waals surface area contributed by atoms with Crippen LogP contribution in [0.4, 0.5) is 0 Å². The summed E-state index contributed by atoms with van der Waals surface area (Å²) in [5, 5.41) is 22.4. The maximum absolute atomic E-state index is 10.9. The van der Waals surface area contributed by atoms with E-state index in [-0.39, 0.29) is 12.8 Å². The molecule has 0 spiro atoms. The fourth-order valence-electron chi connectivity index (χ4n) is 4.04. The van der Waals surface area contributed by atoms with Gasteiger partial charge in [-0.2, -0.15) is 0 Å². The predicted octanol–water partition coefficient (Wildman–Crippen LogP) is 2.42. The fraction of sp³-hybridized carbons (Fsp3) is 0.952. The van der Waals surface area contributed by atoms with E-state index < -0.39 is 36.6 Å². The van der Waals surface area contributed by atoms with Crippen LogP contribution in [-0.2, 0) is 23.7 Å². The average molecular weight is 418 g/mol. The van der Waals surface area contributed by atoms with Gasteiger partial charge in [-0.1, -0.05) is 58.3 Å². The maximum atomic E-state index is 10.9. The van der Waals surface area contributed by atoms with Gasteiger partial charge in [-0.15, -0.1) is 0 Å². The Morgan fingerprint density at radius 3 is 2.34 bits per heavy atom. The minimum absolute atomic E-state index is 0.291. The average Bonchev–Trinajstić information content (AvgIpc) is 2.71. The van der Waals surface area contributed by atoms with Crippen molar-refractivity contribution >= 4 is 5.97 Å². The molecule has 2 heterocycles. The molecule has 0 aromatic heterocycles. The molecule has 6 atom stereocenters. The number of aliphatic hydroxyl groups is 1. The van der Waals surface area contributed by atoms with Gasteiger partial charge in [0.1, 0.15) is 18.3 Å². The highest BCUT2D eigenvalue weighted by Gasteiger charge is 2.49.